The maximum atomic E-state index is 10.0. The highest BCUT2D eigenvalue weighted by Gasteiger charge is 2.30. The summed E-state index contributed by atoms with van der Waals surface area (Å²) >= 11 is 0. The van der Waals surface area contributed by atoms with E-state index >= 15 is 0 Å². The smallest absolute Gasteiger partial charge is 0.147 e. The van der Waals surface area contributed by atoms with Gasteiger partial charge in [0.2, 0.25) is 0 Å². The largest absolute Gasteiger partial charge is 0.392 e. The number of hydrogen-bond acceptors (Lipinski definition) is 5. The van der Waals surface area contributed by atoms with Crippen LogP contribution in [0, 0.1) is 13.8 Å². The van der Waals surface area contributed by atoms with Crippen molar-refractivity contribution in [3.8, 4) is 0 Å². The lowest BCUT2D eigenvalue weighted by Crippen LogP contribution is -2.34. The molecule has 122 valence electrons. The van der Waals surface area contributed by atoms with Crippen LogP contribution in [0.5, 0.6) is 0 Å². The van der Waals surface area contributed by atoms with Crippen LogP contribution in [0.4, 0.5) is 5.82 Å². The van der Waals surface area contributed by atoms with E-state index in [-0.39, 0.29) is 6.10 Å². The van der Waals surface area contributed by atoms with Gasteiger partial charge in [-0.25, -0.2) is 4.98 Å². The van der Waals surface area contributed by atoms with Crippen LogP contribution in [-0.2, 0) is 6.54 Å². The Balaban J connectivity index is 1.64. The minimum atomic E-state index is -0.254. The van der Waals surface area contributed by atoms with Crippen LogP contribution in [-0.4, -0.2) is 45.2 Å². The van der Waals surface area contributed by atoms with Crippen molar-refractivity contribution in [2.45, 2.75) is 39.0 Å². The van der Waals surface area contributed by atoms with Crippen molar-refractivity contribution in [3.05, 3.63) is 53.5 Å². The number of hydrogen-bond donors (Lipinski definition) is 2. The Morgan fingerprint density at radius 3 is 2.83 bits per heavy atom. The average Bonchev–Trinajstić information content (AvgIpc) is 2.89. The zero-order valence-corrected chi connectivity index (χ0v) is 13.7. The molecule has 1 aliphatic rings. The van der Waals surface area contributed by atoms with Gasteiger partial charge in [-0.15, -0.1) is 0 Å². The van der Waals surface area contributed by atoms with Crippen molar-refractivity contribution >= 4 is 5.82 Å². The van der Waals surface area contributed by atoms with Crippen LogP contribution in [0.25, 0.3) is 0 Å². The molecule has 0 bridgehead atoms. The number of anilines is 1. The number of aliphatic hydroxyl groups excluding tert-OH is 1. The molecule has 0 spiro atoms. The maximum absolute atomic E-state index is 10.0. The van der Waals surface area contributed by atoms with Gasteiger partial charge in [-0.3, -0.25) is 9.88 Å². The van der Waals surface area contributed by atoms with E-state index in [1.165, 1.54) is 5.56 Å². The van der Waals surface area contributed by atoms with Gasteiger partial charge >= 0.3 is 0 Å². The molecular weight excluding hydrogens is 288 g/mol. The lowest BCUT2D eigenvalue weighted by atomic mass is 10.1. The molecular formula is C18H24N4O. The molecule has 5 nitrogen and oxygen atoms in total. The summed E-state index contributed by atoms with van der Waals surface area (Å²) in [6.07, 6.45) is 2.31. The van der Waals surface area contributed by atoms with Gasteiger partial charge in [0.05, 0.1) is 17.5 Å². The normalized spacial score (nSPS) is 21.5. The first-order valence-electron chi connectivity index (χ1n) is 8.12. The minimum absolute atomic E-state index is 0.254. The second-order valence-corrected chi connectivity index (χ2v) is 6.28. The van der Waals surface area contributed by atoms with E-state index in [0.717, 1.165) is 43.3 Å². The van der Waals surface area contributed by atoms with Gasteiger partial charge in [0.15, 0.2) is 0 Å². The SMILES string of the molecule is Cc1cnc(C)c(NC[C@@H]2C[C@H](O)CN2Cc2ccccc2)n1. The predicted octanol–water partition coefficient (Wildman–Crippen LogP) is 2.14. The fourth-order valence-corrected chi connectivity index (χ4v) is 3.10. The molecule has 1 fully saturated rings. The first kappa shape index (κ1) is 15.9. The van der Waals surface area contributed by atoms with Crippen molar-refractivity contribution in [2.24, 2.45) is 0 Å². The Bertz CT molecular complexity index is 647. The molecule has 1 aromatic heterocycles. The van der Waals surface area contributed by atoms with E-state index in [9.17, 15) is 5.11 Å². The lowest BCUT2D eigenvalue weighted by molar-refractivity contribution is 0.173. The summed E-state index contributed by atoms with van der Waals surface area (Å²) in [5.41, 5.74) is 3.09. The number of rotatable bonds is 5. The molecule has 1 aromatic carbocycles. The lowest BCUT2D eigenvalue weighted by Gasteiger charge is -2.25. The average molecular weight is 312 g/mol. The molecule has 0 amide bonds. The van der Waals surface area contributed by atoms with E-state index < -0.39 is 0 Å². The number of nitrogens with zero attached hydrogens (tertiary/aromatic N) is 3. The Kier molecular flexibility index (Phi) is 4.88. The number of aromatic nitrogens is 2. The quantitative estimate of drug-likeness (QED) is 0.886. The van der Waals surface area contributed by atoms with Gasteiger partial charge in [0, 0.05) is 31.9 Å². The molecule has 1 saturated heterocycles. The predicted molar refractivity (Wildman–Crippen MR) is 91.3 cm³/mol. The molecule has 1 aliphatic heterocycles. The van der Waals surface area contributed by atoms with Crippen molar-refractivity contribution in [3.63, 3.8) is 0 Å². The molecule has 2 aromatic rings. The number of β-amino-alcohol motifs (C(OH)–C–C–N with tert-alkyl or cyclic N) is 1. The first-order chi connectivity index (χ1) is 11.1. The number of aryl methyl sites for hydroxylation is 2. The summed E-state index contributed by atoms with van der Waals surface area (Å²) in [5.74, 6) is 0.839. The summed E-state index contributed by atoms with van der Waals surface area (Å²) in [5, 5.41) is 13.5. The summed E-state index contributed by atoms with van der Waals surface area (Å²) in [6, 6.07) is 10.7. The van der Waals surface area contributed by atoms with Gasteiger partial charge in [-0.05, 0) is 25.8 Å². The molecule has 2 atom stereocenters. The van der Waals surface area contributed by atoms with Crippen LogP contribution in [0.3, 0.4) is 0 Å². The molecule has 23 heavy (non-hydrogen) atoms. The van der Waals surface area contributed by atoms with Crippen molar-refractivity contribution in [1.82, 2.24) is 14.9 Å². The molecule has 2 heterocycles. The summed E-state index contributed by atoms with van der Waals surface area (Å²) in [4.78, 5) is 11.2. The second-order valence-electron chi connectivity index (χ2n) is 6.28. The highest BCUT2D eigenvalue weighted by molar-refractivity contribution is 5.39. The van der Waals surface area contributed by atoms with Crippen LogP contribution >= 0.6 is 0 Å². The third-order valence-corrected chi connectivity index (χ3v) is 4.32. The third kappa shape index (κ3) is 4.06. The molecule has 0 radical (unpaired) electrons. The second kappa shape index (κ2) is 7.06. The Morgan fingerprint density at radius 2 is 2.04 bits per heavy atom. The molecule has 2 N–H and O–H groups in total. The van der Waals surface area contributed by atoms with Gasteiger partial charge in [-0.1, -0.05) is 30.3 Å². The topological polar surface area (TPSA) is 61.3 Å². The van der Waals surface area contributed by atoms with Crippen LogP contribution in [0.1, 0.15) is 23.4 Å². The zero-order valence-electron chi connectivity index (χ0n) is 13.7. The highest BCUT2D eigenvalue weighted by Crippen LogP contribution is 2.21. The fraction of sp³-hybridized carbons (Fsp3) is 0.444. The molecule has 0 saturated carbocycles. The number of likely N-dealkylation sites (tertiary alicyclic amines) is 1. The van der Waals surface area contributed by atoms with Gasteiger partial charge < -0.3 is 10.4 Å². The first-order valence-corrected chi connectivity index (χ1v) is 8.12. The van der Waals surface area contributed by atoms with Gasteiger partial charge in [-0.2, -0.15) is 0 Å². The van der Waals surface area contributed by atoms with E-state index in [2.05, 4.69) is 44.5 Å². The summed E-state index contributed by atoms with van der Waals surface area (Å²) < 4.78 is 0. The van der Waals surface area contributed by atoms with Crippen molar-refractivity contribution < 1.29 is 5.11 Å². The monoisotopic (exact) mass is 312 g/mol. The van der Waals surface area contributed by atoms with Crippen LogP contribution < -0.4 is 5.32 Å². The highest BCUT2D eigenvalue weighted by atomic mass is 16.3. The van der Waals surface area contributed by atoms with Crippen LogP contribution in [0.2, 0.25) is 0 Å². The van der Waals surface area contributed by atoms with E-state index in [1.54, 1.807) is 6.20 Å². The molecule has 0 aliphatic carbocycles. The Hall–Kier alpha value is -1.98. The third-order valence-electron chi connectivity index (χ3n) is 4.32. The van der Waals surface area contributed by atoms with E-state index in [1.807, 2.05) is 19.9 Å². The van der Waals surface area contributed by atoms with Gasteiger partial charge in [0.25, 0.3) is 0 Å². The van der Waals surface area contributed by atoms with E-state index in [4.69, 9.17) is 0 Å². The maximum Gasteiger partial charge on any atom is 0.147 e. The van der Waals surface area contributed by atoms with Crippen molar-refractivity contribution in [2.75, 3.05) is 18.4 Å². The number of benzene rings is 1. The summed E-state index contributed by atoms with van der Waals surface area (Å²) in [7, 11) is 0. The molecule has 5 heteroatoms. The minimum Gasteiger partial charge on any atom is -0.392 e. The Labute approximate surface area is 137 Å². The molecule has 0 unspecified atom stereocenters. The van der Waals surface area contributed by atoms with E-state index in [0.29, 0.717) is 6.04 Å². The number of nitrogens with one attached hydrogen (secondary N) is 1. The standard InChI is InChI=1S/C18H24N4O/c1-13-9-19-14(2)18(21-13)20-10-16-8-17(23)12-22(16)11-15-6-4-3-5-7-15/h3-7,9,16-17,23H,8,10-12H2,1-2H3,(H,20,21)/t16-,17-/m0/s1. The number of aliphatic hydroxyl groups is 1. The van der Waals surface area contributed by atoms with Crippen molar-refractivity contribution in [1.29, 1.82) is 0 Å². The van der Waals surface area contributed by atoms with Gasteiger partial charge in [0.1, 0.15) is 5.82 Å². The Morgan fingerprint density at radius 1 is 1.26 bits per heavy atom. The zero-order chi connectivity index (χ0) is 16.2. The van der Waals surface area contributed by atoms with Crippen LogP contribution in [0.15, 0.2) is 36.5 Å². The fourth-order valence-electron chi connectivity index (χ4n) is 3.10. The molecule has 3 rings (SSSR count). The summed E-state index contributed by atoms with van der Waals surface area (Å²) in [6.45, 7) is 6.25.